The van der Waals surface area contributed by atoms with Crippen molar-refractivity contribution in [3.8, 4) is 11.5 Å². The standard InChI is InChI=1S/C17H20N2O4/c1-3-18-11-14-6-9-16(22-2)10-17(14)23-12-13-4-7-15(8-5-13)19(20)21/h4-10,18H,3,11-12H2,1-2H3. The highest BCUT2D eigenvalue weighted by atomic mass is 16.6. The van der Waals surface area contributed by atoms with Gasteiger partial charge in [-0.15, -0.1) is 0 Å². The third-order valence-electron chi connectivity index (χ3n) is 3.38. The Kier molecular flexibility index (Phi) is 5.94. The van der Waals surface area contributed by atoms with Gasteiger partial charge in [-0.25, -0.2) is 0 Å². The van der Waals surface area contributed by atoms with Crippen molar-refractivity contribution in [2.45, 2.75) is 20.1 Å². The minimum absolute atomic E-state index is 0.0722. The molecule has 122 valence electrons. The number of nitrogens with one attached hydrogen (secondary N) is 1. The Morgan fingerprint density at radius 1 is 1.17 bits per heavy atom. The molecular weight excluding hydrogens is 296 g/mol. The SMILES string of the molecule is CCNCc1ccc(OC)cc1OCc1ccc([N+](=O)[O-])cc1. The van der Waals surface area contributed by atoms with Crippen LogP contribution < -0.4 is 14.8 Å². The molecule has 0 aliphatic carbocycles. The Morgan fingerprint density at radius 2 is 1.91 bits per heavy atom. The van der Waals surface area contributed by atoms with Crippen LogP contribution in [0.1, 0.15) is 18.1 Å². The molecule has 0 aromatic heterocycles. The van der Waals surface area contributed by atoms with Gasteiger partial charge in [0.15, 0.2) is 0 Å². The predicted octanol–water partition coefficient (Wildman–Crippen LogP) is 3.29. The molecule has 0 atom stereocenters. The largest absolute Gasteiger partial charge is 0.497 e. The van der Waals surface area contributed by atoms with E-state index in [-0.39, 0.29) is 5.69 Å². The number of nitro groups is 1. The van der Waals surface area contributed by atoms with E-state index in [0.717, 1.165) is 29.2 Å². The number of non-ortho nitro benzene ring substituents is 1. The highest BCUT2D eigenvalue weighted by Gasteiger charge is 2.08. The maximum Gasteiger partial charge on any atom is 0.269 e. The summed E-state index contributed by atoms with van der Waals surface area (Å²) >= 11 is 0. The number of rotatable bonds is 8. The van der Waals surface area contributed by atoms with Gasteiger partial charge in [-0.1, -0.05) is 13.0 Å². The van der Waals surface area contributed by atoms with Gasteiger partial charge in [0.25, 0.3) is 5.69 Å². The van der Waals surface area contributed by atoms with E-state index in [1.807, 2.05) is 25.1 Å². The highest BCUT2D eigenvalue weighted by molar-refractivity contribution is 5.41. The first-order chi connectivity index (χ1) is 11.1. The predicted molar refractivity (Wildman–Crippen MR) is 87.8 cm³/mol. The Balaban J connectivity index is 2.09. The summed E-state index contributed by atoms with van der Waals surface area (Å²) < 4.78 is 11.1. The third kappa shape index (κ3) is 4.69. The first-order valence-electron chi connectivity index (χ1n) is 7.37. The van der Waals surface area contributed by atoms with Gasteiger partial charge >= 0.3 is 0 Å². The molecule has 6 nitrogen and oxygen atoms in total. The molecule has 0 saturated heterocycles. The van der Waals surface area contributed by atoms with E-state index in [2.05, 4.69) is 5.32 Å². The van der Waals surface area contributed by atoms with Crippen LogP contribution in [-0.2, 0) is 13.2 Å². The number of ether oxygens (including phenoxy) is 2. The smallest absolute Gasteiger partial charge is 0.269 e. The Bertz CT molecular complexity index is 656. The van der Waals surface area contributed by atoms with E-state index < -0.39 is 4.92 Å². The van der Waals surface area contributed by atoms with E-state index in [0.29, 0.717) is 13.2 Å². The maximum atomic E-state index is 10.7. The summed E-state index contributed by atoms with van der Waals surface area (Å²) in [4.78, 5) is 10.2. The van der Waals surface area contributed by atoms with Crippen LogP contribution in [0, 0.1) is 10.1 Å². The summed E-state index contributed by atoms with van der Waals surface area (Å²) in [6.07, 6.45) is 0. The van der Waals surface area contributed by atoms with E-state index in [9.17, 15) is 10.1 Å². The van der Waals surface area contributed by atoms with Crippen LogP contribution in [0.25, 0.3) is 0 Å². The molecule has 0 amide bonds. The lowest BCUT2D eigenvalue weighted by Gasteiger charge is -2.13. The van der Waals surface area contributed by atoms with Gasteiger partial charge in [0.1, 0.15) is 18.1 Å². The van der Waals surface area contributed by atoms with Crippen LogP contribution in [0.5, 0.6) is 11.5 Å². The topological polar surface area (TPSA) is 73.6 Å². The van der Waals surface area contributed by atoms with Crippen molar-refractivity contribution in [3.63, 3.8) is 0 Å². The van der Waals surface area contributed by atoms with Crippen molar-refractivity contribution in [3.05, 3.63) is 63.7 Å². The summed E-state index contributed by atoms with van der Waals surface area (Å²) in [5.41, 5.74) is 1.98. The van der Waals surface area contributed by atoms with Crippen molar-refractivity contribution in [2.24, 2.45) is 0 Å². The van der Waals surface area contributed by atoms with Gasteiger partial charge < -0.3 is 14.8 Å². The first-order valence-corrected chi connectivity index (χ1v) is 7.37. The number of hydrogen-bond donors (Lipinski definition) is 1. The third-order valence-corrected chi connectivity index (χ3v) is 3.38. The van der Waals surface area contributed by atoms with Gasteiger partial charge in [0.2, 0.25) is 0 Å². The minimum atomic E-state index is -0.415. The van der Waals surface area contributed by atoms with Gasteiger partial charge in [-0.2, -0.15) is 0 Å². The highest BCUT2D eigenvalue weighted by Crippen LogP contribution is 2.26. The molecule has 2 aromatic rings. The molecule has 1 N–H and O–H groups in total. The van der Waals surface area contributed by atoms with Crippen LogP contribution >= 0.6 is 0 Å². The average molecular weight is 316 g/mol. The lowest BCUT2D eigenvalue weighted by Crippen LogP contribution is -2.13. The molecular formula is C17H20N2O4. The second-order valence-corrected chi connectivity index (χ2v) is 4.97. The fourth-order valence-electron chi connectivity index (χ4n) is 2.08. The minimum Gasteiger partial charge on any atom is -0.497 e. The molecule has 0 spiro atoms. The fourth-order valence-corrected chi connectivity index (χ4v) is 2.08. The summed E-state index contributed by atoms with van der Waals surface area (Å²) in [6, 6.07) is 12.0. The zero-order chi connectivity index (χ0) is 16.7. The van der Waals surface area contributed by atoms with Crippen LogP contribution in [0.2, 0.25) is 0 Å². The van der Waals surface area contributed by atoms with Crippen LogP contribution in [0.4, 0.5) is 5.69 Å². The van der Waals surface area contributed by atoms with E-state index in [4.69, 9.17) is 9.47 Å². The Morgan fingerprint density at radius 3 is 2.52 bits per heavy atom. The summed E-state index contributed by atoms with van der Waals surface area (Å²) in [6.45, 7) is 3.95. The Hall–Kier alpha value is -2.60. The zero-order valence-corrected chi connectivity index (χ0v) is 13.2. The van der Waals surface area contributed by atoms with Crippen molar-refractivity contribution in [2.75, 3.05) is 13.7 Å². The van der Waals surface area contributed by atoms with Crippen molar-refractivity contribution < 1.29 is 14.4 Å². The van der Waals surface area contributed by atoms with Crippen molar-refractivity contribution in [1.82, 2.24) is 5.32 Å². The van der Waals surface area contributed by atoms with Crippen molar-refractivity contribution in [1.29, 1.82) is 0 Å². The maximum absolute atomic E-state index is 10.7. The summed E-state index contributed by atoms with van der Waals surface area (Å²) in [7, 11) is 1.61. The van der Waals surface area contributed by atoms with Gasteiger partial charge in [-0.05, 0) is 30.3 Å². The van der Waals surface area contributed by atoms with Crippen molar-refractivity contribution >= 4 is 5.69 Å². The molecule has 0 heterocycles. The van der Waals surface area contributed by atoms with Crippen LogP contribution in [0.15, 0.2) is 42.5 Å². The van der Waals surface area contributed by atoms with E-state index in [1.165, 1.54) is 12.1 Å². The Labute approximate surface area is 135 Å². The molecule has 23 heavy (non-hydrogen) atoms. The number of hydrogen-bond acceptors (Lipinski definition) is 5. The molecule has 0 unspecified atom stereocenters. The molecule has 0 aliphatic rings. The summed E-state index contributed by atoms with van der Waals surface area (Å²) in [5, 5.41) is 13.9. The zero-order valence-electron chi connectivity index (χ0n) is 13.2. The second kappa shape index (κ2) is 8.14. The molecule has 0 aliphatic heterocycles. The average Bonchev–Trinajstić information content (AvgIpc) is 2.58. The van der Waals surface area contributed by atoms with E-state index in [1.54, 1.807) is 19.2 Å². The van der Waals surface area contributed by atoms with Gasteiger partial charge in [0, 0.05) is 30.3 Å². The number of nitrogens with zero attached hydrogens (tertiary/aromatic N) is 1. The molecule has 6 heteroatoms. The quantitative estimate of drug-likeness (QED) is 0.597. The molecule has 0 fully saturated rings. The molecule has 0 saturated carbocycles. The second-order valence-electron chi connectivity index (χ2n) is 4.97. The molecule has 0 bridgehead atoms. The fraction of sp³-hybridized carbons (Fsp3) is 0.294. The molecule has 2 rings (SSSR count). The van der Waals surface area contributed by atoms with Gasteiger partial charge in [0.05, 0.1) is 12.0 Å². The van der Waals surface area contributed by atoms with Crippen LogP contribution in [0.3, 0.4) is 0 Å². The number of benzene rings is 2. The monoisotopic (exact) mass is 316 g/mol. The number of nitro benzene ring substituents is 1. The lowest BCUT2D eigenvalue weighted by molar-refractivity contribution is -0.384. The van der Waals surface area contributed by atoms with Gasteiger partial charge in [-0.3, -0.25) is 10.1 Å². The summed E-state index contributed by atoms with van der Waals surface area (Å²) in [5.74, 6) is 1.47. The lowest BCUT2D eigenvalue weighted by atomic mass is 10.2. The number of methoxy groups -OCH3 is 1. The molecule has 0 radical (unpaired) electrons. The normalized spacial score (nSPS) is 10.3. The van der Waals surface area contributed by atoms with Crippen LogP contribution in [-0.4, -0.2) is 18.6 Å². The van der Waals surface area contributed by atoms with E-state index >= 15 is 0 Å². The first kappa shape index (κ1) is 16.8. The molecule has 2 aromatic carbocycles.